The smallest absolute Gasteiger partial charge is 0.407 e. The fraction of sp³-hybridized carbons (Fsp3) is 0.308. The SMILES string of the molecule is COC(=O)N[C@@H](C(=O)N1[C@@H]2CC[C@@H](C2)[C@H]1c1ncc(-c2ccc(-c3ccc4c(ccc5nc([C@@H]6C[C@@H](C)[C@@H](C)N6C(=O)[C@H](NC(=O)OC)c6ccccc6)[nH]c54)c3)cc2)[nH]1)c1ccccc1. The third-order valence-corrected chi connectivity index (χ3v) is 14.2. The number of likely N-dealkylation sites (tertiary alicyclic amines) is 2. The number of carbonyl (C=O) groups excluding carboxylic acids is 4. The van der Waals surface area contributed by atoms with Crippen molar-refractivity contribution in [3.63, 3.8) is 0 Å². The quantitative estimate of drug-likeness (QED) is 0.105. The molecular weight excluding hydrogens is 833 g/mol. The highest BCUT2D eigenvalue weighted by molar-refractivity contribution is 6.05. The number of H-pyrrole nitrogens is 2. The van der Waals surface area contributed by atoms with E-state index in [1.807, 2.05) is 82.7 Å². The molecule has 7 aromatic rings. The van der Waals surface area contributed by atoms with Crippen LogP contribution in [0.3, 0.4) is 0 Å². The molecule has 3 aliphatic rings. The number of carbonyl (C=O) groups is 4. The number of piperidine rings is 1. The largest absolute Gasteiger partial charge is 0.453 e. The molecule has 1 aliphatic carbocycles. The van der Waals surface area contributed by atoms with Crippen LogP contribution in [-0.2, 0) is 19.1 Å². The van der Waals surface area contributed by atoms with Crippen molar-refractivity contribution < 1.29 is 28.7 Å². The van der Waals surface area contributed by atoms with E-state index in [1.54, 1.807) is 0 Å². The zero-order valence-corrected chi connectivity index (χ0v) is 37.2. The van der Waals surface area contributed by atoms with Gasteiger partial charge in [-0.15, -0.1) is 0 Å². The number of aromatic amines is 2. The fourth-order valence-electron chi connectivity index (χ4n) is 10.6. The van der Waals surface area contributed by atoms with Gasteiger partial charge in [0.25, 0.3) is 11.8 Å². The Hall–Kier alpha value is -7.48. The molecule has 336 valence electrons. The van der Waals surface area contributed by atoms with Crippen molar-refractivity contribution in [3.05, 3.63) is 144 Å². The van der Waals surface area contributed by atoms with E-state index >= 15 is 0 Å². The normalized spacial score (nSPS) is 22.1. The first-order valence-electron chi connectivity index (χ1n) is 22.6. The number of imidazole rings is 2. The molecule has 2 aromatic heterocycles. The molecule has 10 rings (SSSR count). The Morgan fingerprint density at radius 1 is 0.682 bits per heavy atom. The lowest BCUT2D eigenvalue weighted by molar-refractivity contribution is -0.138. The van der Waals surface area contributed by atoms with Gasteiger partial charge in [-0.05, 0) is 89.8 Å². The van der Waals surface area contributed by atoms with Crippen molar-refractivity contribution in [2.75, 3.05) is 14.2 Å². The Balaban J connectivity index is 0.883. The van der Waals surface area contributed by atoms with Gasteiger partial charge in [-0.25, -0.2) is 19.6 Å². The van der Waals surface area contributed by atoms with Crippen LogP contribution in [0, 0.1) is 11.8 Å². The Morgan fingerprint density at radius 2 is 1.30 bits per heavy atom. The summed E-state index contributed by atoms with van der Waals surface area (Å²) < 4.78 is 9.81. The van der Waals surface area contributed by atoms with Crippen LogP contribution in [0.1, 0.15) is 86.5 Å². The summed E-state index contributed by atoms with van der Waals surface area (Å²) in [5.74, 6) is 1.52. The molecule has 0 unspecified atom stereocenters. The van der Waals surface area contributed by atoms with E-state index in [9.17, 15) is 19.2 Å². The predicted molar refractivity (Wildman–Crippen MR) is 250 cm³/mol. The summed E-state index contributed by atoms with van der Waals surface area (Å²) in [6.45, 7) is 4.19. The van der Waals surface area contributed by atoms with E-state index in [1.165, 1.54) is 14.2 Å². The van der Waals surface area contributed by atoms with Gasteiger partial charge in [0.05, 0.1) is 49.2 Å². The maximum Gasteiger partial charge on any atom is 0.407 e. The number of ether oxygens (including phenoxy) is 2. The van der Waals surface area contributed by atoms with Gasteiger partial charge in [0.1, 0.15) is 23.7 Å². The molecule has 4 amide bonds. The summed E-state index contributed by atoms with van der Waals surface area (Å²) in [7, 11) is 2.59. The molecule has 8 atom stereocenters. The Morgan fingerprint density at radius 3 is 1.95 bits per heavy atom. The van der Waals surface area contributed by atoms with E-state index < -0.39 is 24.3 Å². The molecule has 2 aliphatic heterocycles. The van der Waals surface area contributed by atoms with E-state index in [4.69, 9.17) is 19.4 Å². The minimum absolute atomic E-state index is 0.0665. The van der Waals surface area contributed by atoms with Crippen molar-refractivity contribution in [2.24, 2.45) is 11.8 Å². The number of rotatable bonds is 10. The Labute approximate surface area is 382 Å². The monoisotopic (exact) mass is 884 g/mol. The lowest BCUT2D eigenvalue weighted by Gasteiger charge is -2.36. The number of aromatic nitrogens is 4. The minimum Gasteiger partial charge on any atom is -0.453 e. The zero-order valence-electron chi connectivity index (χ0n) is 37.2. The van der Waals surface area contributed by atoms with Crippen LogP contribution in [-0.4, -0.2) is 80.0 Å². The van der Waals surface area contributed by atoms with E-state index in [0.29, 0.717) is 17.0 Å². The van der Waals surface area contributed by atoms with E-state index in [-0.39, 0.29) is 47.8 Å². The molecule has 14 heteroatoms. The van der Waals surface area contributed by atoms with Crippen LogP contribution in [0.2, 0.25) is 0 Å². The van der Waals surface area contributed by atoms with Crippen molar-refractivity contribution in [3.8, 4) is 22.4 Å². The van der Waals surface area contributed by atoms with Gasteiger partial charge in [-0.1, -0.05) is 110 Å². The molecule has 5 aromatic carbocycles. The predicted octanol–water partition coefficient (Wildman–Crippen LogP) is 9.32. The van der Waals surface area contributed by atoms with Crippen LogP contribution in [0.15, 0.2) is 121 Å². The van der Waals surface area contributed by atoms with Gasteiger partial charge in [0, 0.05) is 17.5 Å². The molecule has 3 fully saturated rings. The average Bonchev–Trinajstić information content (AvgIpc) is 4.22. The number of fused-ring (bicyclic) bond motifs is 5. The van der Waals surface area contributed by atoms with Gasteiger partial charge in [0.2, 0.25) is 0 Å². The second-order valence-electron chi connectivity index (χ2n) is 17.9. The summed E-state index contributed by atoms with van der Waals surface area (Å²) in [6.07, 6.45) is 4.04. The summed E-state index contributed by atoms with van der Waals surface area (Å²) in [6, 6.07) is 35.0. The molecule has 2 bridgehead atoms. The Bertz CT molecular complexity index is 2940. The highest BCUT2D eigenvalue weighted by atomic mass is 16.5. The molecule has 4 N–H and O–H groups in total. The van der Waals surface area contributed by atoms with E-state index in [0.717, 1.165) is 75.7 Å². The summed E-state index contributed by atoms with van der Waals surface area (Å²) in [5, 5.41) is 7.62. The molecular formula is C52H52N8O6. The number of nitrogens with zero attached hydrogens (tertiary/aromatic N) is 4. The molecule has 0 spiro atoms. The lowest BCUT2D eigenvalue weighted by atomic mass is 9.96. The van der Waals surface area contributed by atoms with Crippen LogP contribution in [0.4, 0.5) is 9.59 Å². The van der Waals surface area contributed by atoms with Crippen LogP contribution in [0.25, 0.3) is 44.2 Å². The second kappa shape index (κ2) is 17.5. The van der Waals surface area contributed by atoms with Crippen molar-refractivity contribution in [2.45, 2.75) is 75.8 Å². The maximum atomic E-state index is 14.4. The Kier molecular flexibility index (Phi) is 11.2. The number of hydrogen-bond donors (Lipinski definition) is 4. The third kappa shape index (κ3) is 7.69. The van der Waals surface area contributed by atoms with Crippen molar-refractivity contribution >= 4 is 45.8 Å². The standard InChI is InChI=1S/C52H52N8O6/c1-29-25-42(59(30(29)2)49(61)43(57-51(63)65-3)33-11-7-5-8-12-33)47-54-40-24-21-36-26-35(20-23-39(36)45(40)56-47)31-15-17-32(18-16-31)41-28-53-48(55-41)46-37-19-22-38(27-37)60(46)50(62)44(58-52(64)66-4)34-13-9-6-10-14-34/h5-18,20-21,23-24,26,28-30,37-38,42-44,46H,19,22,25,27H2,1-4H3,(H,53,55)(H,54,56)(H,57,63)(H,58,64)/t29-,30-,37+,38-,42+,43-,44-,46+/m1/s1. The molecule has 2 saturated heterocycles. The molecule has 4 heterocycles. The topological polar surface area (TPSA) is 175 Å². The first-order valence-corrected chi connectivity index (χ1v) is 22.6. The fourth-order valence-corrected chi connectivity index (χ4v) is 10.6. The summed E-state index contributed by atoms with van der Waals surface area (Å²) >= 11 is 0. The van der Waals surface area contributed by atoms with Gasteiger partial charge >= 0.3 is 12.2 Å². The first kappa shape index (κ1) is 42.5. The lowest BCUT2D eigenvalue weighted by Crippen LogP contribution is -2.47. The number of alkyl carbamates (subject to hydrolysis) is 2. The maximum absolute atomic E-state index is 14.4. The highest BCUT2D eigenvalue weighted by Crippen LogP contribution is 2.51. The summed E-state index contributed by atoms with van der Waals surface area (Å²) in [4.78, 5) is 74.5. The molecule has 66 heavy (non-hydrogen) atoms. The second-order valence-corrected chi connectivity index (χ2v) is 17.9. The molecule has 1 saturated carbocycles. The third-order valence-electron chi connectivity index (χ3n) is 14.2. The van der Waals surface area contributed by atoms with Crippen LogP contribution >= 0.6 is 0 Å². The van der Waals surface area contributed by atoms with Crippen molar-refractivity contribution in [1.82, 2.24) is 40.4 Å². The van der Waals surface area contributed by atoms with Gasteiger partial charge in [0.15, 0.2) is 0 Å². The number of amides is 4. The average molecular weight is 885 g/mol. The number of hydrogen-bond acceptors (Lipinski definition) is 8. The van der Waals surface area contributed by atoms with Gasteiger partial charge in [-0.3, -0.25) is 9.59 Å². The highest BCUT2D eigenvalue weighted by Gasteiger charge is 2.51. The van der Waals surface area contributed by atoms with Gasteiger partial charge < -0.3 is 39.9 Å². The molecule has 0 radical (unpaired) electrons. The first-order chi connectivity index (χ1) is 32.1. The summed E-state index contributed by atoms with van der Waals surface area (Å²) in [5.41, 5.74) is 7.02. The molecule has 14 nitrogen and oxygen atoms in total. The van der Waals surface area contributed by atoms with Crippen LogP contribution in [0.5, 0.6) is 0 Å². The van der Waals surface area contributed by atoms with E-state index in [2.05, 4.69) is 83.0 Å². The van der Waals surface area contributed by atoms with Crippen molar-refractivity contribution in [1.29, 1.82) is 0 Å². The number of methoxy groups -OCH3 is 2. The van der Waals surface area contributed by atoms with Crippen LogP contribution < -0.4 is 10.6 Å². The van der Waals surface area contributed by atoms with Gasteiger partial charge in [-0.2, -0.15) is 0 Å². The minimum atomic E-state index is -0.920. The number of benzene rings is 5. The zero-order chi connectivity index (χ0) is 45.6. The number of nitrogens with one attached hydrogen (secondary N) is 4.